The van der Waals surface area contributed by atoms with Gasteiger partial charge in [-0.25, -0.2) is 4.79 Å². The van der Waals surface area contributed by atoms with E-state index < -0.39 is 112 Å². The number of benzene rings is 3. The van der Waals surface area contributed by atoms with Gasteiger partial charge in [-0.1, -0.05) is 41.1 Å². The van der Waals surface area contributed by atoms with Crippen molar-refractivity contribution < 1.29 is 67.3 Å². The van der Waals surface area contributed by atoms with Crippen molar-refractivity contribution in [3.8, 4) is 5.75 Å². The van der Waals surface area contributed by atoms with Crippen LogP contribution in [0.1, 0.15) is 108 Å². The van der Waals surface area contributed by atoms with Gasteiger partial charge in [0, 0.05) is 51.4 Å². The van der Waals surface area contributed by atoms with E-state index in [9.17, 15) is 20.1 Å². The largest absolute Gasteiger partial charge is 0.507 e. The van der Waals surface area contributed by atoms with Gasteiger partial charge in [0.15, 0.2) is 17.5 Å². The number of rotatable bonds is 7. The number of esters is 1. The van der Waals surface area contributed by atoms with E-state index >= 15 is 14.4 Å². The maximum Gasteiger partial charge on any atom is 0.345 e. The number of epoxide rings is 1. The summed E-state index contributed by atoms with van der Waals surface area (Å²) in [4.78, 5) is 62.6. The molecule has 0 saturated carbocycles. The van der Waals surface area contributed by atoms with Gasteiger partial charge >= 0.3 is 5.97 Å². The van der Waals surface area contributed by atoms with Crippen LogP contribution < -0.4 is 5.43 Å². The maximum absolute atomic E-state index is 15.6. The molecule has 0 radical (unpaired) electrons. The molecule has 16 nitrogen and oxygen atoms in total. The molecule has 4 aliphatic heterocycles. The Bertz CT molecular complexity index is 2700. The van der Waals surface area contributed by atoms with E-state index in [2.05, 4.69) is 15.9 Å². The highest BCUT2D eigenvalue weighted by molar-refractivity contribution is 9.10. The lowest BCUT2D eigenvalue weighted by Crippen LogP contribution is -2.70. The third-order valence-electron chi connectivity index (χ3n) is 14.9. The minimum absolute atomic E-state index is 0.0862. The minimum Gasteiger partial charge on any atom is -0.507 e. The number of phenols is 1. The minimum atomic E-state index is -2.52. The Labute approximate surface area is 382 Å². The number of phenolic OH excluding ortho intramolecular Hbond substituents is 1. The zero-order chi connectivity index (χ0) is 47.0. The highest BCUT2D eigenvalue weighted by atomic mass is 79.9. The Morgan fingerprint density at radius 1 is 0.846 bits per heavy atom. The Hall–Kier alpha value is -4.40. The number of methoxy groups -OCH3 is 2. The standard InChI is InChI=1S/C48H52BrNO15/c1-19-38(60-21(3)42(56)46(19,5)50(7)8)26-16-15-25-31(36(26)54)37(55)33-32(35(25)53)28(17-27-29(51)18-30(62-39(27)33)47(6)22(4)64-47)48(45(57)59-10)43-41(40(58-9)34(52)20(2)61-43)63-44(65-48)23-11-13-24(49)14-12-23/h11-22,34,38,40-44,52,54,56H,1-10H3/t19-,20-,21+,22+,34-,38-,40-,41+,42-,43+,44+,46+,47+,48?/m1/s1. The molecule has 5 aliphatic rings. The van der Waals surface area contributed by atoms with Crippen LogP contribution in [-0.2, 0) is 49.2 Å². The second-order valence-electron chi connectivity index (χ2n) is 18.4. The summed E-state index contributed by atoms with van der Waals surface area (Å²) in [5.41, 5.74) is -6.46. The first kappa shape index (κ1) is 45.7. The molecule has 1 unspecified atom stereocenters. The van der Waals surface area contributed by atoms with Gasteiger partial charge in [-0.05, 0) is 73.0 Å². The fraction of sp³-hybridized carbons (Fsp3) is 0.500. The first-order chi connectivity index (χ1) is 30.7. The summed E-state index contributed by atoms with van der Waals surface area (Å²) >= 11 is 3.44. The van der Waals surface area contributed by atoms with Gasteiger partial charge in [0.05, 0.1) is 59.7 Å². The summed E-state index contributed by atoms with van der Waals surface area (Å²) in [7, 11) is 6.15. The Morgan fingerprint density at radius 2 is 1.52 bits per heavy atom. The summed E-state index contributed by atoms with van der Waals surface area (Å²) in [6.07, 6.45) is -10.5. The van der Waals surface area contributed by atoms with E-state index in [0.717, 1.165) is 11.6 Å². The first-order valence-corrected chi connectivity index (χ1v) is 22.3. The molecule has 1 aromatic heterocycles. The van der Waals surface area contributed by atoms with Gasteiger partial charge in [-0.15, -0.1) is 0 Å². The third kappa shape index (κ3) is 6.49. The summed E-state index contributed by atoms with van der Waals surface area (Å²) < 4.78 is 50.6. The van der Waals surface area contributed by atoms with Crippen molar-refractivity contribution in [3.05, 3.63) is 108 Å². The molecular weight excluding hydrogens is 910 g/mol. The van der Waals surface area contributed by atoms with E-state index in [4.69, 9.17) is 37.6 Å². The molecule has 0 amide bonds. The molecule has 14 atom stereocenters. The van der Waals surface area contributed by atoms with E-state index in [1.54, 1.807) is 52.0 Å². The summed E-state index contributed by atoms with van der Waals surface area (Å²) in [6, 6.07) is 12.2. The number of aromatic hydroxyl groups is 1. The van der Waals surface area contributed by atoms with E-state index in [0.29, 0.717) is 5.56 Å². The molecule has 4 fully saturated rings. The molecule has 3 aromatic carbocycles. The molecule has 346 valence electrons. The van der Waals surface area contributed by atoms with Crippen molar-refractivity contribution in [2.24, 2.45) is 5.92 Å². The quantitative estimate of drug-likeness (QED) is 0.143. The summed E-state index contributed by atoms with van der Waals surface area (Å²) in [5, 5.41) is 34.9. The fourth-order valence-corrected chi connectivity index (χ4v) is 10.7. The molecule has 3 N–H and O–H groups in total. The Kier molecular flexibility index (Phi) is 11.2. The molecule has 9 rings (SSSR count). The van der Waals surface area contributed by atoms with Crippen LogP contribution in [0.4, 0.5) is 0 Å². The second kappa shape index (κ2) is 15.9. The SMILES string of the molecule is COC(=O)C1(c2cc3c(=O)cc([C@@]4(C)O[C@H]4C)oc3c3c2C(=O)c2ccc([C@@H]4O[C@@H](C)[C@@H](O)[C@@](C)(N(C)C)[C@@H]4C)c(O)c2C3=O)O[C@@H](c2ccc(Br)cc2)O[C@H]2[C@H](OC)[C@H](O)[C@@H](C)O[C@@H]21. The molecule has 4 saturated heterocycles. The van der Waals surface area contributed by atoms with Crippen molar-refractivity contribution in [1.29, 1.82) is 0 Å². The van der Waals surface area contributed by atoms with Crippen molar-refractivity contribution in [2.45, 2.75) is 120 Å². The van der Waals surface area contributed by atoms with Crippen LogP contribution in [0, 0.1) is 5.92 Å². The van der Waals surface area contributed by atoms with Gasteiger partial charge in [-0.3, -0.25) is 14.4 Å². The van der Waals surface area contributed by atoms with Gasteiger partial charge < -0.3 is 57.8 Å². The normalized spacial score (nSPS) is 36.6. The van der Waals surface area contributed by atoms with Crippen molar-refractivity contribution in [2.75, 3.05) is 28.3 Å². The third-order valence-corrected chi connectivity index (χ3v) is 15.4. The molecule has 0 spiro atoms. The topological polar surface area (TPSA) is 213 Å². The van der Waals surface area contributed by atoms with Crippen LogP contribution in [-0.4, -0.2) is 120 Å². The number of aliphatic hydroxyl groups excluding tert-OH is 2. The lowest BCUT2D eigenvalue weighted by molar-refractivity contribution is -0.379. The average molecular weight is 963 g/mol. The van der Waals surface area contributed by atoms with Crippen LogP contribution in [0.5, 0.6) is 5.75 Å². The number of ether oxygens (including phenoxy) is 7. The van der Waals surface area contributed by atoms with Crippen LogP contribution in [0.25, 0.3) is 11.0 Å². The maximum atomic E-state index is 15.6. The van der Waals surface area contributed by atoms with Gasteiger partial charge in [0.1, 0.15) is 47.1 Å². The number of halogens is 1. The average Bonchev–Trinajstić information content (AvgIpc) is 3.91. The number of fused-ring (bicyclic) bond motifs is 5. The predicted octanol–water partition coefficient (Wildman–Crippen LogP) is 5.09. The zero-order valence-corrected chi connectivity index (χ0v) is 39.1. The molecule has 65 heavy (non-hydrogen) atoms. The van der Waals surface area contributed by atoms with Crippen molar-refractivity contribution in [1.82, 2.24) is 4.90 Å². The number of hydrogen-bond donors (Lipinski definition) is 3. The van der Waals surface area contributed by atoms with Crippen molar-refractivity contribution in [3.63, 3.8) is 0 Å². The Balaban J connectivity index is 1.34. The summed E-state index contributed by atoms with van der Waals surface area (Å²) in [6.45, 7) is 10.6. The predicted molar refractivity (Wildman–Crippen MR) is 234 cm³/mol. The number of hydrogen-bond acceptors (Lipinski definition) is 16. The lowest BCUT2D eigenvalue weighted by Gasteiger charge is -2.54. The van der Waals surface area contributed by atoms with Crippen molar-refractivity contribution >= 4 is 44.4 Å². The molecule has 5 heterocycles. The van der Waals surface area contributed by atoms with E-state index in [1.807, 2.05) is 32.8 Å². The number of aliphatic hydroxyl groups is 2. The van der Waals surface area contributed by atoms with Crippen LogP contribution >= 0.6 is 15.9 Å². The number of carbonyl (C=O) groups excluding carboxylic acids is 3. The number of nitrogens with zero attached hydrogens (tertiary/aromatic N) is 1. The van der Waals surface area contributed by atoms with Crippen LogP contribution in [0.3, 0.4) is 0 Å². The smallest absolute Gasteiger partial charge is 0.345 e. The Morgan fingerprint density at radius 3 is 2.14 bits per heavy atom. The molecule has 17 heteroatoms. The monoisotopic (exact) mass is 961 g/mol. The zero-order valence-electron chi connectivity index (χ0n) is 37.5. The van der Waals surface area contributed by atoms with Gasteiger partial charge in [0.2, 0.25) is 11.4 Å². The fourth-order valence-electron chi connectivity index (χ4n) is 10.5. The lowest BCUT2D eigenvalue weighted by atomic mass is 9.70. The molecule has 4 aromatic rings. The highest BCUT2D eigenvalue weighted by Gasteiger charge is 2.66. The van der Waals surface area contributed by atoms with E-state index in [-0.39, 0.29) is 50.7 Å². The van der Waals surface area contributed by atoms with Crippen LogP contribution in [0.15, 0.2) is 62.2 Å². The first-order valence-electron chi connectivity index (χ1n) is 21.5. The molecular formula is C48H52BrNO15. The molecule has 1 aliphatic carbocycles. The van der Waals surface area contributed by atoms with Gasteiger partial charge in [-0.2, -0.15) is 0 Å². The molecule has 0 bridgehead atoms. The second-order valence-corrected chi connectivity index (χ2v) is 19.3. The van der Waals surface area contributed by atoms with Crippen LogP contribution in [0.2, 0.25) is 0 Å². The van der Waals surface area contributed by atoms with Gasteiger partial charge in [0.25, 0.3) is 0 Å². The highest BCUT2D eigenvalue weighted by Crippen LogP contribution is 2.54. The van der Waals surface area contributed by atoms with E-state index in [1.165, 1.54) is 31.4 Å². The number of likely N-dealkylation sites (N-methyl/N-ethyl adjacent to an activating group) is 1. The number of ketones is 2. The number of carbonyl (C=O) groups is 3. The summed E-state index contributed by atoms with van der Waals surface area (Å²) in [5.74, 6) is -3.74.